The summed E-state index contributed by atoms with van der Waals surface area (Å²) in [5.41, 5.74) is 1.76. The van der Waals surface area contributed by atoms with Gasteiger partial charge in [-0.05, 0) is 66.8 Å². The zero-order valence-electron chi connectivity index (χ0n) is 18.9. The molecule has 1 heterocycles. The third-order valence-corrected chi connectivity index (χ3v) is 6.36. The maximum atomic E-state index is 12.5. The third-order valence-electron chi connectivity index (χ3n) is 5.68. The van der Waals surface area contributed by atoms with Gasteiger partial charge in [-0.2, -0.15) is 11.3 Å². The van der Waals surface area contributed by atoms with Crippen LogP contribution in [0.5, 0.6) is 0 Å². The van der Waals surface area contributed by atoms with Crippen molar-refractivity contribution in [2.24, 2.45) is 10.9 Å². The fourth-order valence-corrected chi connectivity index (χ4v) is 4.58. The van der Waals surface area contributed by atoms with Crippen molar-refractivity contribution in [1.82, 2.24) is 10.6 Å². The van der Waals surface area contributed by atoms with Crippen LogP contribution in [0.2, 0.25) is 0 Å². The van der Waals surface area contributed by atoms with Crippen molar-refractivity contribution in [3.8, 4) is 0 Å². The number of guanidine groups is 1. The lowest BCUT2D eigenvalue weighted by atomic mass is 9.88. The first kappa shape index (κ1) is 26.6. The number of hydrogen-bond donors (Lipinski definition) is 4. The Labute approximate surface area is 212 Å². The molecule has 32 heavy (non-hydrogen) atoms. The lowest BCUT2D eigenvalue weighted by molar-refractivity contribution is -0.120. The van der Waals surface area contributed by atoms with Crippen LogP contribution in [0.4, 0.5) is 5.69 Å². The Hall–Kier alpha value is -1.65. The van der Waals surface area contributed by atoms with E-state index in [4.69, 9.17) is 0 Å². The summed E-state index contributed by atoms with van der Waals surface area (Å²) in [5, 5.41) is 24.2. The Balaban J connectivity index is 0.00000363. The molecule has 176 valence electrons. The summed E-state index contributed by atoms with van der Waals surface area (Å²) in [4.78, 5) is 17.2. The van der Waals surface area contributed by atoms with Crippen LogP contribution < -0.4 is 16.0 Å². The lowest BCUT2D eigenvalue weighted by Crippen LogP contribution is -2.44. The highest BCUT2D eigenvalue weighted by molar-refractivity contribution is 14.0. The number of nitrogens with one attached hydrogen (secondary N) is 3. The largest absolute Gasteiger partial charge is 0.384 e. The van der Waals surface area contributed by atoms with Gasteiger partial charge in [-0.15, -0.1) is 24.0 Å². The molecule has 1 aliphatic carbocycles. The van der Waals surface area contributed by atoms with Crippen LogP contribution in [-0.2, 0) is 16.9 Å². The molecule has 1 aromatic carbocycles. The minimum atomic E-state index is -0.973. The average Bonchev–Trinajstić information content (AvgIpc) is 3.33. The smallest absolute Gasteiger partial charge is 0.227 e. The van der Waals surface area contributed by atoms with Crippen molar-refractivity contribution >= 4 is 52.9 Å². The minimum Gasteiger partial charge on any atom is -0.384 e. The van der Waals surface area contributed by atoms with Gasteiger partial charge < -0.3 is 21.1 Å². The van der Waals surface area contributed by atoms with Crippen LogP contribution in [0.15, 0.2) is 46.1 Å². The predicted octanol–water partition coefficient (Wildman–Crippen LogP) is 4.85. The second kappa shape index (κ2) is 13.2. The summed E-state index contributed by atoms with van der Waals surface area (Å²) in [6.07, 6.45) is 5.51. The summed E-state index contributed by atoms with van der Waals surface area (Å²) >= 11 is 1.57. The van der Waals surface area contributed by atoms with Crippen LogP contribution in [0, 0.1) is 5.92 Å². The lowest BCUT2D eigenvalue weighted by Gasteiger charge is -2.24. The van der Waals surface area contributed by atoms with Gasteiger partial charge >= 0.3 is 0 Å². The van der Waals surface area contributed by atoms with Crippen molar-refractivity contribution in [3.05, 3.63) is 52.2 Å². The Kier molecular flexibility index (Phi) is 10.9. The van der Waals surface area contributed by atoms with E-state index in [0.29, 0.717) is 19.0 Å². The Morgan fingerprint density at radius 2 is 2.00 bits per heavy atom. The van der Waals surface area contributed by atoms with E-state index >= 15 is 0 Å². The molecule has 1 aromatic heterocycles. The zero-order chi connectivity index (χ0) is 22.1. The molecule has 1 fully saturated rings. The Bertz CT molecular complexity index is 865. The maximum Gasteiger partial charge on any atom is 0.227 e. The molecule has 0 saturated heterocycles. The summed E-state index contributed by atoms with van der Waals surface area (Å²) < 4.78 is 0. The number of rotatable bonds is 8. The highest BCUT2D eigenvalue weighted by atomic mass is 127. The fraction of sp³-hybridized carbons (Fsp3) is 0.500. The van der Waals surface area contributed by atoms with E-state index in [0.717, 1.165) is 49.0 Å². The summed E-state index contributed by atoms with van der Waals surface area (Å²) in [6, 6.07) is 9.79. The highest BCUT2D eigenvalue weighted by Gasteiger charge is 2.24. The van der Waals surface area contributed by atoms with Gasteiger partial charge in [0.25, 0.3) is 0 Å². The molecule has 2 aromatic rings. The topological polar surface area (TPSA) is 85.8 Å². The molecular formula is C24H35IN4O2S. The van der Waals surface area contributed by atoms with Gasteiger partial charge in [0.2, 0.25) is 5.91 Å². The van der Waals surface area contributed by atoms with Gasteiger partial charge in [-0.3, -0.25) is 4.79 Å². The molecule has 1 amide bonds. The summed E-state index contributed by atoms with van der Waals surface area (Å²) in [7, 11) is 0. The quantitative estimate of drug-likeness (QED) is 0.208. The van der Waals surface area contributed by atoms with Crippen molar-refractivity contribution < 1.29 is 9.90 Å². The van der Waals surface area contributed by atoms with Gasteiger partial charge in [0.15, 0.2) is 5.96 Å². The number of thiophene rings is 1. The average molecular weight is 571 g/mol. The first-order valence-corrected chi connectivity index (χ1v) is 12.1. The predicted molar refractivity (Wildman–Crippen MR) is 144 cm³/mol. The second-order valence-corrected chi connectivity index (χ2v) is 9.14. The molecule has 0 radical (unpaired) electrons. The molecule has 1 atom stereocenters. The standard InChI is InChI=1S/C24H34N4O2S.HI/c1-3-25-23(27-17-24(2,30)20-12-13-31-16-20)26-15-18-8-7-11-21(14-18)28-22(29)19-9-5-4-6-10-19;/h7-8,11-14,16,19,30H,3-6,9-10,15,17H2,1-2H3,(H,28,29)(H2,25,26,27);1H. The molecule has 0 aliphatic heterocycles. The van der Waals surface area contributed by atoms with E-state index in [2.05, 4.69) is 20.9 Å². The molecule has 0 spiro atoms. The van der Waals surface area contributed by atoms with Gasteiger partial charge in [0.1, 0.15) is 5.60 Å². The molecule has 4 N–H and O–H groups in total. The molecule has 1 unspecified atom stereocenters. The number of aliphatic hydroxyl groups is 1. The van der Waals surface area contributed by atoms with Crippen LogP contribution in [0.3, 0.4) is 0 Å². The van der Waals surface area contributed by atoms with E-state index in [9.17, 15) is 9.90 Å². The SMILES string of the molecule is CCNC(=NCc1cccc(NC(=O)C2CCCCC2)c1)NCC(C)(O)c1ccsc1.I. The number of halogens is 1. The number of aliphatic imine (C=N–C) groups is 1. The molecule has 6 nitrogen and oxygen atoms in total. The van der Waals surface area contributed by atoms with Crippen molar-refractivity contribution in [3.63, 3.8) is 0 Å². The Morgan fingerprint density at radius 3 is 2.69 bits per heavy atom. The number of amides is 1. The van der Waals surface area contributed by atoms with Crippen molar-refractivity contribution in [2.45, 2.75) is 58.1 Å². The number of benzene rings is 1. The molecule has 1 aliphatic rings. The third kappa shape index (κ3) is 8.04. The van der Waals surface area contributed by atoms with Gasteiger partial charge in [0.05, 0.1) is 13.1 Å². The summed E-state index contributed by atoms with van der Waals surface area (Å²) in [6.45, 7) is 5.36. The fourth-order valence-electron chi connectivity index (χ4n) is 3.80. The number of carbonyl (C=O) groups excluding carboxylic acids is 1. The van der Waals surface area contributed by atoms with E-state index < -0.39 is 5.60 Å². The first-order chi connectivity index (χ1) is 15.0. The molecule has 0 bridgehead atoms. The van der Waals surface area contributed by atoms with Crippen molar-refractivity contribution in [1.29, 1.82) is 0 Å². The van der Waals surface area contributed by atoms with E-state index in [-0.39, 0.29) is 35.8 Å². The number of carbonyl (C=O) groups is 1. The van der Waals surface area contributed by atoms with E-state index in [1.807, 2.05) is 48.0 Å². The van der Waals surface area contributed by atoms with Crippen LogP contribution >= 0.6 is 35.3 Å². The monoisotopic (exact) mass is 570 g/mol. The minimum absolute atomic E-state index is 0. The molecular weight excluding hydrogens is 535 g/mol. The van der Waals surface area contributed by atoms with Crippen molar-refractivity contribution in [2.75, 3.05) is 18.4 Å². The van der Waals surface area contributed by atoms with Gasteiger partial charge in [0, 0.05) is 18.2 Å². The van der Waals surface area contributed by atoms with Crippen LogP contribution in [0.1, 0.15) is 57.1 Å². The number of anilines is 1. The normalized spacial score (nSPS) is 16.5. The molecule has 3 rings (SSSR count). The molecule has 1 saturated carbocycles. The zero-order valence-corrected chi connectivity index (χ0v) is 22.0. The highest BCUT2D eigenvalue weighted by Crippen LogP contribution is 2.25. The van der Waals surface area contributed by atoms with Gasteiger partial charge in [-0.25, -0.2) is 4.99 Å². The first-order valence-electron chi connectivity index (χ1n) is 11.1. The van der Waals surface area contributed by atoms with E-state index in [1.165, 1.54) is 6.42 Å². The van der Waals surface area contributed by atoms with Gasteiger partial charge in [-0.1, -0.05) is 31.4 Å². The molecule has 8 heteroatoms. The van der Waals surface area contributed by atoms with Crippen LogP contribution in [0.25, 0.3) is 0 Å². The second-order valence-electron chi connectivity index (χ2n) is 8.36. The summed E-state index contributed by atoms with van der Waals surface area (Å²) in [5.74, 6) is 0.914. The Morgan fingerprint density at radius 1 is 1.22 bits per heavy atom. The van der Waals surface area contributed by atoms with E-state index in [1.54, 1.807) is 18.3 Å². The number of nitrogens with zero attached hydrogens (tertiary/aromatic N) is 1. The maximum absolute atomic E-state index is 12.5. The number of hydrogen-bond acceptors (Lipinski definition) is 4. The van der Waals surface area contributed by atoms with Crippen LogP contribution in [-0.4, -0.2) is 30.1 Å².